The first-order valence-electron chi connectivity index (χ1n) is 12.0. The van der Waals surface area contributed by atoms with Crippen molar-refractivity contribution in [3.63, 3.8) is 0 Å². The van der Waals surface area contributed by atoms with Crippen LogP contribution >= 0.6 is 0 Å². The highest BCUT2D eigenvalue weighted by Gasteiger charge is 2.31. The van der Waals surface area contributed by atoms with Gasteiger partial charge in [-0.2, -0.15) is 0 Å². The number of hydrogen-bond acceptors (Lipinski definition) is 4. The van der Waals surface area contributed by atoms with Crippen molar-refractivity contribution in [2.45, 2.75) is 59.0 Å². The van der Waals surface area contributed by atoms with Crippen LogP contribution in [-0.4, -0.2) is 50.5 Å². The van der Waals surface area contributed by atoms with Crippen LogP contribution < -0.4 is 9.62 Å². The van der Waals surface area contributed by atoms with Crippen LogP contribution in [0.3, 0.4) is 0 Å². The lowest BCUT2D eigenvalue weighted by Crippen LogP contribution is -2.52. The van der Waals surface area contributed by atoms with E-state index in [2.05, 4.69) is 5.32 Å². The molecule has 0 spiro atoms. The number of anilines is 1. The number of carbonyl (C=O) groups excluding carboxylic acids is 2. The summed E-state index contributed by atoms with van der Waals surface area (Å²) in [7, 11) is -3.78. The lowest BCUT2D eigenvalue weighted by Gasteiger charge is -2.33. The Morgan fingerprint density at radius 2 is 1.57 bits per heavy atom. The summed E-state index contributed by atoms with van der Waals surface area (Å²) < 4.78 is 39.7. The van der Waals surface area contributed by atoms with Crippen molar-refractivity contribution >= 4 is 27.5 Å². The Kier molecular flexibility index (Phi) is 10.7. The van der Waals surface area contributed by atoms with Crippen molar-refractivity contribution in [1.29, 1.82) is 0 Å². The number of aryl methyl sites for hydroxylation is 1. The quantitative estimate of drug-likeness (QED) is 0.419. The van der Waals surface area contributed by atoms with Crippen LogP contribution in [0.1, 0.15) is 51.2 Å². The summed E-state index contributed by atoms with van der Waals surface area (Å²) in [6.07, 6.45) is 3.91. The minimum Gasteiger partial charge on any atom is -0.354 e. The second-order valence-corrected chi connectivity index (χ2v) is 10.4. The van der Waals surface area contributed by atoms with E-state index in [1.807, 2.05) is 26.0 Å². The molecular weight excluding hydrogens is 469 g/mol. The Morgan fingerprint density at radius 3 is 2.09 bits per heavy atom. The fraction of sp³-hybridized carbons (Fsp3) is 0.462. The van der Waals surface area contributed by atoms with Gasteiger partial charge in [0.2, 0.25) is 21.8 Å². The number of benzene rings is 2. The maximum Gasteiger partial charge on any atom is 0.244 e. The van der Waals surface area contributed by atoms with Crippen LogP contribution in [0.4, 0.5) is 10.1 Å². The van der Waals surface area contributed by atoms with E-state index in [-0.39, 0.29) is 12.5 Å². The molecule has 192 valence electrons. The van der Waals surface area contributed by atoms with Crippen molar-refractivity contribution in [2.24, 2.45) is 0 Å². The van der Waals surface area contributed by atoms with Gasteiger partial charge in [0.1, 0.15) is 18.4 Å². The Bertz CT molecular complexity index is 1070. The van der Waals surface area contributed by atoms with Gasteiger partial charge in [-0.1, -0.05) is 51.5 Å². The molecule has 0 aliphatic carbocycles. The molecule has 0 aromatic heterocycles. The summed E-state index contributed by atoms with van der Waals surface area (Å²) in [6.45, 7) is 5.89. The molecule has 7 nitrogen and oxygen atoms in total. The molecule has 0 heterocycles. The summed E-state index contributed by atoms with van der Waals surface area (Å²) in [5, 5.41) is 2.87. The molecule has 2 rings (SSSR count). The summed E-state index contributed by atoms with van der Waals surface area (Å²) in [5.41, 5.74) is 2.05. The molecule has 1 unspecified atom stereocenters. The zero-order valence-electron chi connectivity index (χ0n) is 21.0. The first-order chi connectivity index (χ1) is 16.6. The molecule has 0 aliphatic heterocycles. The maximum atomic E-state index is 13.6. The van der Waals surface area contributed by atoms with Crippen LogP contribution in [0, 0.1) is 5.82 Å². The molecule has 9 heteroatoms. The fourth-order valence-electron chi connectivity index (χ4n) is 3.72. The van der Waals surface area contributed by atoms with Crippen LogP contribution in [0.25, 0.3) is 0 Å². The monoisotopic (exact) mass is 505 g/mol. The van der Waals surface area contributed by atoms with E-state index in [1.165, 1.54) is 17.0 Å². The molecule has 0 saturated carbocycles. The topological polar surface area (TPSA) is 86.8 Å². The molecule has 0 saturated heterocycles. The van der Waals surface area contributed by atoms with Crippen LogP contribution in [0.5, 0.6) is 0 Å². The van der Waals surface area contributed by atoms with Crippen LogP contribution in [0.15, 0.2) is 48.5 Å². The SMILES string of the molecule is CCCCNC(=O)C(CC)N(Cc1ccc(F)cc1)C(=O)CN(c1ccc(CC)cc1)S(C)(=O)=O. The fourth-order valence-corrected chi connectivity index (χ4v) is 4.57. The zero-order valence-corrected chi connectivity index (χ0v) is 21.8. The highest BCUT2D eigenvalue weighted by atomic mass is 32.2. The molecule has 2 amide bonds. The Labute approximate surface area is 208 Å². The minimum absolute atomic E-state index is 0.0468. The Morgan fingerprint density at radius 1 is 0.971 bits per heavy atom. The zero-order chi connectivity index (χ0) is 26.0. The number of carbonyl (C=O) groups is 2. The van der Waals surface area contributed by atoms with Crippen molar-refractivity contribution in [3.8, 4) is 0 Å². The number of halogens is 1. The molecule has 1 atom stereocenters. The third-order valence-electron chi connectivity index (χ3n) is 5.79. The first-order valence-corrected chi connectivity index (χ1v) is 13.8. The molecule has 0 bridgehead atoms. The second-order valence-electron chi connectivity index (χ2n) is 8.51. The predicted molar refractivity (Wildman–Crippen MR) is 137 cm³/mol. The Hall–Kier alpha value is -2.94. The molecule has 2 aromatic rings. The van der Waals surface area contributed by atoms with Gasteiger partial charge in [0, 0.05) is 13.1 Å². The number of hydrogen-bond donors (Lipinski definition) is 1. The van der Waals surface area contributed by atoms with Gasteiger partial charge in [0.05, 0.1) is 11.9 Å². The highest BCUT2D eigenvalue weighted by Crippen LogP contribution is 2.21. The van der Waals surface area contributed by atoms with Crippen molar-refractivity contribution in [1.82, 2.24) is 10.2 Å². The van der Waals surface area contributed by atoms with Gasteiger partial charge in [-0.25, -0.2) is 12.8 Å². The van der Waals surface area contributed by atoms with Gasteiger partial charge < -0.3 is 10.2 Å². The van der Waals surface area contributed by atoms with Gasteiger partial charge in [-0.3, -0.25) is 13.9 Å². The molecular formula is C26H36FN3O4S. The largest absolute Gasteiger partial charge is 0.354 e. The van der Waals surface area contributed by atoms with Crippen molar-refractivity contribution in [2.75, 3.05) is 23.7 Å². The number of unbranched alkanes of at least 4 members (excludes halogenated alkanes) is 1. The van der Waals surface area contributed by atoms with Crippen LogP contribution in [0.2, 0.25) is 0 Å². The van der Waals surface area contributed by atoms with E-state index >= 15 is 0 Å². The molecule has 0 radical (unpaired) electrons. The Balaban J connectivity index is 2.38. The van der Waals surface area contributed by atoms with Gasteiger partial charge in [0.15, 0.2) is 0 Å². The smallest absolute Gasteiger partial charge is 0.244 e. The minimum atomic E-state index is -3.78. The maximum absolute atomic E-state index is 13.6. The van der Waals surface area contributed by atoms with Crippen molar-refractivity contribution < 1.29 is 22.4 Å². The van der Waals surface area contributed by atoms with E-state index in [4.69, 9.17) is 0 Å². The first kappa shape index (κ1) is 28.3. The lowest BCUT2D eigenvalue weighted by molar-refractivity contribution is -0.140. The number of nitrogens with one attached hydrogen (secondary N) is 1. The third-order valence-corrected chi connectivity index (χ3v) is 6.93. The molecule has 0 fully saturated rings. The van der Waals surface area contributed by atoms with Gasteiger partial charge in [-0.05, 0) is 54.7 Å². The summed E-state index contributed by atoms with van der Waals surface area (Å²) >= 11 is 0. The number of amides is 2. The third kappa shape index (κ3) is 8.35. The average Bonchev–Trinajstić information content (AvgIpc) is 2.83. The number of rotatable bonds is 13. The standard InChI is InChI=1S/C26H36FN3O4S/c1-5-8-17-28-26(32)24(7-3)29(18-21-9-13-22(27)14-10-21)25(31)19-30(35(4,33)34)23-15-11-20(6-2)12-16-23/h9-16,24H,5-8,17-19H2,1-4H3,(H,28,32). The van der Waals surface area contributed by atoms with E-state index in [0.29, 0.717) is 24.2 Å². The lowest BCUT2D eigenvalue weighted by atomic mass is 10.1. The van der Waals surface area contributed by atoms with E-state index in [9.17, 15) is 22.4 Å². The van der Waals surface area contributed by atoms with Crippen LogP contribution in [-0.2, 0) is 32.6 Å². The molecule has 0 aliphatic rings. The molecule has 1 N–H and O–H groups in total. The second kappa shape index (κ2) is 13.2. The predicted octanol–water partition coefficient (Wildman–Crippen LogP) is 3.88. The molecule has 2 aromatic carbocycles. The van der Waals surface area contributed by atoms with E-state index < -0.39 is 34.3 Å². The summed E-state index contributed by atoms with van der Waals surface area (Å²) in [6, 6.07) is 11.9. The van der Waals surface area contributed by atoms with E-state index in [1.54, 1.807) is 31.2 Å². The molecule has 35 heavy (non-hydrogen) atoms. The van der Waals surface area contributed by atoms with Gasteiger partial charge in [-0.15, -0.1) is 0 Å². The average molecular weight is 506 g/mol. The van der Waals surface area contributed by atoms with Gasteiger partial charge >= 0.3 is 0 Å². The van der Waals surface area contributed by atoms with Crippen molar-refractivity contribution in [3.05, 3.63) is 65.5 Å². The van der Waals surface area contributed by atoms with Gasteiger partial charge in [0.25, 0.3) is 0 Å². The normalized spacial score (nSPS) is 12.1. The number of nitrogens with zero attached hydrogens (tertiary/aromatic N) is 2. The van der Waals surface area contributed by atoms with E-state index in [0.717, 1.165) is 35.4 Å². The summed E-state index contributed by atoms with van der Waals surface area (Å²) in [5.74, 6) is -1.22. The highest BCUT2D eigenvalue weighted by molar-refractivity contribution is 7.92. The number of sulfonamides is 1. The summed E-state index contributed by atoms with van der Waals surface area (Å²) in [4.78, 5) is 27.9.